The summed E-state index contributed by atoms with van der Waals surface area (Å²) >= 11 is 1.95. The first kappa shape index (κ1) is 12.2. The van der Waals surface area contributed by atoms with Gasteiger partial charge in [-0.15, -0.1) is 0 Å². The Morgan fingerprint density at radius 2 is 2.00 bits per heavy atom. The Hall–Kier alpha value is 0.160. The van der Waals surface area contributed by atoms with E-state index in [9.17, 15) is 4.79 Å². The molecule has 0 heterocycles. The topological polar surface area (TPSA) is 38.3 Å². The second-order valence-electron chi connectivity index (χ2n) is 2.71. The fourth-order valence-corrected chi connectivity index (χ4v) is 1.02. The fourth-order valence-electron chi connectivity index (χ4n) is 0.766. The molecule has 0 aliphatic heterocycles. The number of hydrogen-bond acceptors (Lipinski definition) is 3. The molecule has 72 valence electrons. The Morgan fingerprint density at radius 3 is 2.33 bits per heavy atom. The van der Waals surface area contributed by atoms with E-state index in [1.165, 1.54) is 0 Å². The first-order chi connectivity index (χ1) is 5.65. The minimum Gasteiger partial charge on any atom is -0.461 e. The molecule has 0 unspecified atom stereocenters. The maximum Gasteiger partial charge on any atom is 0.323 e. The van der Waals surface area contributed by atoms with Crippen molar-refractivity contribution in [1.29, 1.82) is 0 Å². The highest BCUT2D eigenvalue weighted by atomic mass is 127. The van der Waals surface area contributed by atoms with E-state index in [0.717, 1.165) is 12.8 Å². The van der Waals surface area contributed by atoms with Crippen LogP contribution in [0.1, 0.15) is 33.6 Å². The highest BCUT2D eigenvalue weighted by Crippen LogP contribution is 2.04. The minimum absolute atomic E-state index is 0.0738. The van der Waals surface area contributed by atoms with E-state index < -0.39 is 0 Å². The maximum atomic E-state index is 11.2. The molecule has 1 atom stereocenters. The molecule has 12 heavy (non-hydrogen) atoms. The summed E-state index contributed by atoms with van der Waals surface area (Å²) in [5.74, 6) is -0.168. The van der Waals surface area contributed by atoms with Crippen molar-refractivity contribution in [2.45, 2.75) is 45.8 Å². The van der Waals surface area contributed by atoms with Gasteiger partial charge >= 0.3 is 5.97 Å². The third-order valence-electron chi connectivity index (χ3n) is 1.71. The van der Waals surface area contributed by atoms with Crippen LogP contribution < -0.4 is 3.53 Å². The van der Waals surface area contributed by atoms with Crippen molar-refractivity contribution in [2.24, 2.45) is 0 Å². The largest absolute Gasteiger partial charge is 0.461 e. The van der Waals surface area contributed by atoms with Gasteiger partial charge in [0, 0.05) is 22.9 Å². The highest BCUT2D eigenvalue weighted by molar-refractivity contribution is 14.1. The Bertz CT molecular complexity index is 137. The van der Waals surface area contributed by atoms with Gasteiger partial charge in [0.05, 0.1) is 0 Å². The average molecular weight is 285 g/mol. The van der Waals surface area contributed by atoms with Crippen LogP contribution in [0.15, 0.2) is 0 Å². The zero-order chi connectivity index (χ0) is 9.56. The van der Waals surface area contributed by atoms with E-state index in [1.807, 2.05) is 36.7 Å². The smallest absolute Gasteiger partial charge is 0.323 e. The standard InChI is InChI=1S/C8H16INO2/c1-4-7(5-2)12-8(11)6(3)10-9/h6-7,10H,4-5H2,1-3H3/t6-/m0/s1. The Labute approximate surface area is 87.7 Å². The van der Waals surface area contributed by atoms with Crippen molar-refractivity contribution < 1.29 is 9.53 Å². The maximum absolute atomic E-state index is 11.2. The summed E-state index contributed by atoms with van der Waals surface area (Å²) < 4.78 is 8.01. The number of nitrogens with one attached hydrogen (secondary N) is 1. The van der Waals surface area contributed by atoms with Gasteiger partial charge in [0.15, 0.2) is 0 Å². The molecule has 0 aliphatic carbocycles. The van der Waals surface area contributed by atoms with Crippen molar-refractivity contribution in [1.82, 2.24) is 3.53 Å². The van der Waals surface area contributed by atoms with Crippen molar-refractivity contribution in [3.8, 4) is 0 Å². The zero-order valence-electron chi connectivity index (χ0n) is 7.76. The number of esters is 1. The van der Waals surface area contributed by atoms with Crippen molar-refractivity contribution in [2.75, 3.05) is 0 Å². The summed E-state index contributed by atoms with van der Waals surface area (Å²) in [5.41, 5.74) is 0. The lowest BCUT2D eigenvalue weighted by molar-refractivity contribution is -0.150. The monoisotopic (exact) mass is 285 g/mol. The minimum atomic E-state index is -0.216. The van der Waals surface area contributed by atoms with Crippen LogP contribution in [0.5, 0.6) is 0 Å². The summed E-state index contributed by atoms with van der Waals surface area (Å²) in [6, 6.07) is -0.216. The molecular formula is C8H16INO2. The number of rotatable bonds is 5. The molecule has 0 radical (unpaired) electrons. The van der Waals surface area contributed by atoms with Gasteiger partial charge in [-0.1, -0.05) is 13.8 Å². The quantitative estimate of drug-likeness (QED) is 0.477. The molecule has 0 aliphatic rings. The van der Waals surface area contributed by atoms with E-state index in [2.05, 4.69) is 3.53 Å². The first-order valence-corrected chi connectivity index (χ1v) is 5.30. The van der Waals surface area contributed by atoms with Crippen LogP contribution in [0.3, 0.4) is 0 Å². The summed E-state index contributed by atoms with van der Waals surface area (Å²) in [4.78, 5) is 11.2. The lowest BCUT2D eigenvalue weighted by Crippen LogP contribution is -2.31. The van der Waals surface area contributed by atoms with E-state index in [0.29, 0.717) is 0 Å². The van der Waals surface area contributed by atoms with Gasteiger partial charge in [0.2, 0.25) is 0 Å². The van der Waals surface area contributed by atoms with Gasteiger partial charge in [-0.3, -0.25) is 4.79 Å². The van der Waals surface area contributed by atoms with E-state index in [4.69, 9.17) is 4.74 Å². The first-order valence-electron chi connectivity index (χ1n) is 4.22. The molecule has 0 bridgehead atoms. The van der Waals surface area contributed by atoms with Gasteiger partial charge in [0.1, 0.15) is 12.1 Å². The van der Waals surface area contributed by atoms with Crippen LogP contribution in [0, 0.1) is 0 Å². The molecule has 3 nitrogen and oxygen atoms in total. The van der Waals surface area contributed by atoms with E-state index >= 15 is 0 Å². The van der Waals surface area contributed by atoms with Crippen LogP contribution in [0.25, 0.3) is 0 Å². The molecule has 4 heteroatoms. The van der Waals surface area contributed by atoms with Gasteiger partial charge < -0.3 is 4.74 Å². The molecule has 0 spiro atoms. The van der Waals surface area contributed by atoms with Crippen molar-refractivity contribution in [3.05, 3.63) is 0 Å². The lowest BCUT2D eigenvalue weighted by atomic mass is 10.2. The molecule has 0 fully saturated rings. The van der Waals surface area contributed by atoms with Crippen LogP contribution in [-0.4, -0.2) is 18.1 Å². The highest BCUT2D eigenvalue weighted by Gasteiger charge is 2.16. The Kier molecular flexibility index (Phi) is 6.74. The van der Waals surface area contributed by atoms with Crippen molar-refractivity contribution in [3.63, 3.8) is 0 Å². The molecule has 0 saturated carbocycles. The number of hydrogen-bond donors (Lipinski definition) is 1. The second kappa shape index (κ2) is 6.65. The van der Waals surface area contributed by atoms with Crippen LogP contribution >= 0.6 is 22.9 Å². The molecule has 0 aromatic heterocycles. The van der Waals surface area contributed by atoms with Gasteiger partial charge in [0.25, 0.3) is 0 Å². The molecular weight excluding hydrogens is 269 g/mol. The number of halogens is 1. The molecule has 0 rings (SSSR count). The summed E-state index contributed by atoms with van der Waals surface area (Å²) in [5, 5.41) is 0. The summed E-state index contributed by atoms with van der Waals surface area (Å²) in [7, 11) is 0. The number of carbonyl (C=O) groups excluding carboxylic acids is 1. The third-order valence-corrected chi connectivity index (χ3v) is 2.64. The number of ether oxygens (including phenoxy) is 1. The average Bonchev–Trinajstić information content (AvgIpc) is 2.12. The van der Waals surface area contributed by atoms with Gasteiger partial charge in [-0.05, 0) is 19.8 Å². The van der Waals surface area contributed by atoms with Crippen LogP contribution in [0.4, 0.5) is 0 Å². The third kappa shape index (κ3) is 4.25. The molecule has 0 aromatic carbocycles. The summed E-state index contributed by atoms with van der Waals surface area (Å²) in [6.07, 6.45) is 1.84. The molecule has 0 aromatic rings. The fraction of sp³-hybridized carbons (Fsp3) is 0.875. The predicted octanol–water partition coefficient (Wildman–Crippen LogP) is 2.05. The van der Waals surface area contributed by atoms with E-state index in [1.54, 1.807) is 6.92 Å². The second-order valence-corrected chi connectivity index (χ2v) is 3.33. The number of carbonyl (C=O) groups is 1. The van der Waals surface area contributed by atoms with E-state index in [-0.39, 0.29) is 18.1 Å². The lowest BCUT2D eigenvalue weighted by Gasteiger charge is -2.16. The van der Waals surface area contributed by atoms with Gasteiger partial charge in [-0.2, -0.15) is 0 Å². The van der Waals surface area contributed by atoms with Crippen LogP contribution in [-0.2, 0) is 9.53 Å². The van der Waals surface area contributed by atoms with Crippen LogP contribution in [0.2, 0.25) is 0 Å². The molecule has 0 amide bonds. The summed E-state index contributed by atoms with van der Waals surface area (Å²) in [6.45, 7) is 5.82. The van der Waals surface area contributed by atoms with Crippen molar-refractivity contribution >= 4 is 28.8 Å². The Balaban J connectivity index is 3.81. The van der Waals surface area contributed by atoms with Gasteiger partial charge in [-0.25, -0.2) is 3.53 Å². The normalized spacial score (nSPS) is 13.1. The predicted molar refractivity (Wildman–Crippen MR) is 57.1 cm³/mol. The Morgan fingerprint density at radius 1 is 1.50 bits per heavy atom. The zero-order valence-corrected chi connectivity index (χ0v) is 9.92. The SMILES string of the molecule is CCC(CC)OC(=O)[C@H](C)NI. The molecule has 1 N–H and O–H groups in total. The molecule has 0 saturated heterocycles.